The first kappa shape index (κ1) is 14.1. The first-order valence-corrected chi connectivity index (χ1v) is 8.01. The highest BCUT2D eigenvalue weighted by Crippen LogP contribution is 2.41. The number of aromatic nitrogens is 1. The molecule has 1 saturated carbocycles. The first-order chi connectivity index (χ1) is 10.1. The summed E-state index contributed by atoms with van der Waals surface area (Å²) in [5, 5.41) is 6.22. The molecule has 1 atom stereocenters. The van der Waals surface area contributed by atoms with Crippen LogP contribution in [0.4, 0.5) is 4.79 Å². The van der Waals surface area contributed by atoms with Gasteiger partial charge in [0.05, 0.1) is 29.6 Å². The molecular weight excluding hydrogens is 286 g/mol. The van der Waals surface area contributed by atoms with E-state index in [0.29, 0.717) is 12.5 Å². The summed E-state index contributed by atoms with van der Waals surface area (Å²) in [5.74, 6) is 1.43. The number of urea groups is 1. The van der Waals surface area contributed by atoms with E-state index in [1.165, 1.54) is 17.8 Å². The molecule has 21 heavy (non-hydrogen) atoms. The molecule has 1 N–H and O–H groups in total. The Morgan fingerprint density at radius 1 is 1.62 bits per heavy atom. The highest BCUT2D eigenvalue weighted by molar-refractivity contribution is 7.09. The Kier molecular flexibility index (Phi) is 3.96. The summed E-state index contributed by atoms with van der Waals surface area (Å²) in [4.78, 5) is 18.4. The molecule has 1 aliphatic carbocycles. The van der Waals surface area contributed by atoms with Crippen molar-refractivity contribution in [3.05, 3.63) is 40.2 Å². The zero-order chi connectivity index (χ0) is 14.8. The molecule has 1 aliphatic rings. The smallest absolute Gasteiger partial charge is 0.318 e. The van der Waals surface area contributed by atoms with Crippen molar-refractivity contribution in [3.63, 3.8) is 0 Å². The monoisotopic (exact) mass is 305 g/mol. The lowest BCUT2D eigenvalue weighted by Crippen LogP contribution is -2.38. The van der Waals surface area contributed by atoms with E-state index in [4.69, 9.17) is 4.42 Å². The summed E-state index contributed by atoms with van der Waals surface area (Å²) in [6.45, 7) is 2.42. The molecule has 0 unspecified atom stereocenters. The average molecular weight is 305 g/mol. The van der Waals surface area contributed by atoms with Crippen LogP contribution in [-0.4, -0.2) is 23.0 Å². The van der Waals surface area contributed by atoms with E-state index in [1.807, 2.05) is 24.4 Å². The Morgan fingerprint density at radius 2 is 2.43 bits per heavy atom. The molecule has 1 fully saturated rings. The van der Waals surface area contributed by atoms with Crippen LogP contribution in [0.1, 0.15) is 48.2 Å². The SMILES string of the molecule is C[C@H](NC(=O)N(C)Cc1ccco1)c1csc(C2CC2)n1. The number of furan rings is 1. The minimum absolute atomic E-state index is 0.0831. The standard InChI is InChI=1S/C15H19N3O2S/c1-10(13-9-21-14(17-13)11-5-6-11)16-15(19)18(2)8-12-4-3-7-20-12/h3-4,7,9-11H,5-6,8H2,1-2H3,(H,16,19)/t10-/m0/s1. The molecular formula is C15H19N3O2S. The molecule has 2 amide bonds. The van der Waals surface area contributed by atoms with Gasteiger partial charge in [0, 0.05) is 18.3 Å². The lowest BCUT2D eigenvalue weighted by atomic mass is 10.2. The highest BCUT2D eigenvalue weighted by atomic mass is 32.1. The number of amides is 2. The fraction of sp³-hybridized carbons (Fsp3) is 0.467. The van der Waals surface area contributed by atoms with E-state index in [-0.39, 0.29) is 12.1 Å². The molecule has 2 aromatic heterocycles. The van der Waals surface area contributed by atoms with Crippen LogP contribution in [-0.2, 0) is 6.54 Å². The third-order valence-corrected chi connectivity index (χ3v) is 4.60. The van der Waals surface area contributed by atoms with Gasteiger partial charge in [0.15, 0.2) is 0 Å². The molecule has 0 bridgehead atoms. The molecule has 0 aromatic carbocycles. The van der Waals surface area contributed by atoms with Crippen LogP contribution in [0.25, 0.3) is 0 Å². The number of rotatable bonds is 5. The van der Waals surface area contributed by atoms with Crippen molar-refractivity contribution in [2.45, 2.75) is 38.3 Å². The van der Waals surface area contributed by atoms with E-state index >= 15 is 0 Å². The third kappa shape index (κ3) is 3.44. The Morgan fingerprint density at radius 3 is 3.10 bits per heavy atom. The van der Waals surface area contributed by atoms with Crippen molar-refractivity contribution >= 4 is 17.4 Å². The predicted molar refractivity (Wildman–Crippen MR) is 81.2 cm³/mol. The normalized spacial score (nSPS) is 15.7. The Balaban J connectivity index is 1.55. The molecule has 0 spiro atoms. The molecule has 0 aliphatic heterocycles. The van der Waals surface area contributed by atoms with Crippen molar-refractivity contribution < 1.29 is 9.21 Å². The lowest BCUT2D eigenvalue weighted by Gasteiger charge is -2.19. The fourth-order valence-electron chi connectivity index (χ4n) is 2.09. The second kappa shape index (κ2) is 5.89. The van der Waals surface area contributed by atoms with Crippen molar-refractivity contribution in [2.24, 2.45) is 0 Å². The second-order valence-corrected chi connectivity index (χ2v) is 6.38. The van der Waals surface area contributed by atoms with E-state index in [0.717, 1.165) is 11.5 Å². The minimum Gasteiger partial charge on any atom is -0.467 e. The zero-order valence-electron chi connectivity index (χ0n) is 12.2. The van der Waals surface area contributed by atoms with Gasteiger partial charge in [-0.15, -0.1) is 11.3 Å². The maximum absolute atomic E-state index is 12.2. The van der Waals surface area contributed by atoms with E-state index < -0.39 is 0 Å². The summed E-state index contributed by atoms with van der Waals surface area (Å²) in [7, 11) is 1.75. The fourth-order valence-corrected chi connectivity index (χ4v) is 3.18. The van der Waals surface area contributed by atoms with Crippen LogP contribution in [0.5, 0.6) is 0 Å². The topological polar surface area (TPSA) is 58.4 Å². The minimum atomic E-state index is -0.125. The van der Waals surface area contributed by atoms with Crippen LogP contribution in [0.15, 0.2) is 28.2 Å². The third-order valence-electron chi connectivity index (χ3n) is 3.57. The number of thiazole rings is 1. The maximum Gasteiger partial charge on any atom is 0.318 e. The zero-order valence-corrected chi connectivity index (χ0v) is 13.0. The van der Waals surface area contributed by atoms with Gasteiger partial charge in [-0.2, -0.15) is 0 Å². The summed E-state index contributed by atoms with van der Waals surface area (Å²) in [6, 6.07) is 3.47. The van der Waals surface area contributed by atoms with Gasteiger partial charge in [0.1, 0.15) is 5.76 Å². The maximum atomic E-state index is 12.2. The Labute approximate surface area is 128 Å². The molecule has 0 saturated heterocycles. The molecule has 0 radical (unpaired) electrons. The van der Waals surface area contributed by atoms with Gasteiger partial charge in [-0.1, -0.05) is 0 Å². The van der Waals surface area contributed by atoms with Gasteiger partial charge in [0.25, 0.3) is 0 Å². The number of hydrogen-bond acceptors (Lipinski definition) is 4. The molecule has 5 nitrogen and oxygen atoms in total. The van der Waals surface area contributed by atoms with Crippen LogP contribution >= 0.6 is 11.3 Å². The Bertz CT molecular complexity index is 604. The summed E-state index contributed by atoms with van der Waals surface area (Å²) in [6.07, 6.45) is 4.11. The first-order valence-electron chi connectivity index (χ1n) is 7.13. The van der Waals surface area contributed by atoms with Crippen LogP contribution < -0.4 is 5.32 Å². The average Bonchev–Trinajstić information content (AvgIpc) is 2.99. The summed E-state index contributed by atoms with van der Waals surface area (Å²) >= 11 is 1.70. The van der Waals surface area contributed by atoms with Gasteiger partial charge >= 0.3 is 6.03 Å². The van der Waals surface area contributed by atoms with Crippen molar-refractivity contribution in [1.82, 2.24) is 15.2 Å². The molecule has 2 aromatic rings. The van der Waals surface area contributed by atoms with Gasteiger partial charge in [-0.05, 0) is 31.9 Å². The van der Waals surface area contributed by atoms with Crippen molar-refractivity contribution in [1.29, 1.82) is 0 Å². The lowest BCUT2D eigenvalue weighted by molar-refractivity contribution is 0.199. The quantitative estimate of drug-likeness (QED) is 0.919. The largest absolute Gasteiger partial charge is 0.467 e. The van der Waals surface area contributed by atoms with E-state index in [9.17, 15) is 4.79 Å². The molecule has 112 valence electrons. The van der Waals surface area contributed by atoms with Gasteiger partial charge in [0.2, 0.25) is 0 Å². The van der Waals surface area contributed by atoms with Crippen molar-refractivity contribution in [2.75, 3.05) is 7.05 Å². The summed E-state index contributed by atoms with van der Waals surface area (Å²) < 4.78 is 5.25. The predicted octanol–water partition coefficient (Wildman–Crippen LogP) is 3.52. The molecule has 2 heterocycles. The number of nitrogens with one attached hydrogen (secondary N) is 1. The van der Waals surface area contributed by atoms with Crippen LogP contribution in [0.3, 0.4) is 0 Å². The highest BCUT2D eigenvalue weighted by Gasteiger charge is 2.27. The van der Waals surface area contributed by atoms with Crippen LogP contribution in [0.2, 0.25) is 0 Å². The molecule has 3 rings (SSSR count). The van der Waals surface area contributed by atoms with Crippen LogP contribution in [0, 0.1) is 0 Å². The van der Waals surface area contributed by atoms with E-state index in [1.54, 1.807) is 29.5 Å². The van der Waals surface area contributed by atoms with Crippen molar-refractivity contribution in [3.8, 4) is 0 Å². The number of hydrogen-bond donors (Lipinski definition) is 1. The van der Waals surface area contributed by atoms with E-state index in [2.05, 4.69) is 10.3 Å². The number of nitrogens with zero attached hydrogens (tertiary/aromatic N) is 2. The van der Waals surface area contributed by atoms with Gasteiger partial charge in [-0.25, -0.2) is 9.78 Å². The molecule has 6 heteroatoms. The second-order valence-electron chi connectivity index (χ2n) is 5.49. The Hall–Kier alpha value is -1.82. The summed E-state index contributed by atoms with van der Waals surface area (Å²) in [5.41, 5.74) is 0.946. The number of carbonyl (C=O) groups excluding carboxylic acids is 1. The number of carbonyl (C=O) groups is 1. The van der Waals surface area contributed by atoms with Gasteiger partial charge in [-0.3, -0.25) is 0 Å². The van der Waals surface area contributed by atoms with Gasteiger partial charge < -0.3 is 14.6 Å².